The monoisotopic (exact) mass is 217 g/mol. The fourth-order valence-corrected chi connectivity index (χ4v) is 1.16. The van der Waals surface area contributed by atoms with Crippen LogP contribution in [0.3, 0.4) is 0 Å². The smallest absolute Gasteiger partial charge is 0.336 e. The summed E-state index contributed by atoms with van der Waals surface area (Å²) in [6.45, 7) is 0. The predicted molar refractivity (Wildman–Crippen MR) is 55.0 cm³/mol. The molecule has 0 radical (unpaired) electrons. The lowest BCUT2D eigenvalue weighted by molar-refractivity contribution is 0.0681. The molecule has 0 bridgehead atoms. The Morgan fingerprint density at radius 3 is 2.44 bits per heavy atom. The molecule has 0 unspecified atom stereocenters. The third-order valence-corrected chi connectivity index (χ3v) is 1.87. The molecule has 16 heavy (non-hydrogen) atoms. The third-order valence-electron chi connectivity index (χ3n) is 1.87. The molecule has 2 N–H and O–H groups in total. The van der Waals surface area contributed by atoms with Crippen molar-refractivity contribution < 1.29 is 19.8 Å². The average Bonchev–Trinajstić information content (AvgIpc) is 2.25. The van der Waals surface area contributed by atoms with Gasteiger partial charge in [-0.15, -0.1) is 0 Å². The first-order chi connectivity index (χ1) is 7.56. The highest BCUT2D eigenvalue weighted by Crippen LogP contribution is 2.14. The molecule has 0 saturated heterocycles. The van der Waals surface area contributed by atoms with Gasteiger partial charge >= 0.3 is 11.9 Å². The quantitative estimate of drug-likeness (QED) is 0.749. The molecule has 1 aromatic rings. The molecule has 0 spiro atoms. The summed E-state index contributed by atoms with van der Waals surface area (Å²) < 4.78 is 0. The molecule has 0 aromatic heterocycles. The summed E-state index contributed by atoms with van der Waals surface area (Å²) in [4.78, 5) is 21.5. The number of benzene rings is 1. The maximum absolute atomic E-state index is 10.8. The van der Waals surface area contributed by atoms with Gasteiger partial charge in [-0.05, 0) is 29.8 Å². The lowest BCUT2D eigenvalue weighted by atomic mass is 10.0. The summed E-state index contributed by atoms with van der Waals surface area (Å²) in [6.07, 6.45) is 2.35. The molecule has 0 aliphatic rings. The fraction of sp³-hybridized carbons (Fsp3) is 0. The Morgan fingerprint density at radius 2 is 1.94 bits per heavy atom. The van der Waals surface area contributed by atoms with Crippen molar-refractivity contribution in [1.82, 2.24) is 0 Å². The molecular formula is C11H7NO4. The third kappa shape index (κ3) is 2.45. The van der Waals surface area contributed by atoms with Gasteiger partial charge in [0.2, 0.25) is 0 Å². The Kier molecular flexibility index (Phi) is 3.41. The van der Waals surface area contributed by atoms with Crippen LogP contribution < -0.4 is 0 Å². The second-order valence-corrected chi connectivity index (χ2v) is 2.87. The first kappa shape index (κ1) is 11.5. The molecule has 5 heteroatoms. The summed E-state index contributed by atoms with van der Waals surface area (Å²) in [7, 11) is 0. The average molecular weight is 217 g/mol. The first-order valence-corrected chi connectivity index (χ1v) is 4.23. The van der Waals surface area contributed by atoms with Crippen LogP contribution in [0.5, 0.6) is 0 Å². The minimum atomic E-state index is -1.17. The highest BCUT2D eigenvalue weighted by molar-refractivity contribution is 5.95. The van der Waals surface area contributed by atoms with Gasteiger partial charge in [0.05, 0.1) is 17.2 Å². The zero-order valence-corrected chi connectivity index (χ0v) is 8.04. The van der Waals surface area contributed by atoms with Crippen LogP contribution in [0, 0.1) is 11.3 Å². The number of nitrogens with zero attached hydrogens (tertiary/aromatic N) is 1. The van der Waals surface area contributed by atoms with Crippen LogP contribution >= 0.6 is 0 Å². The van der Waals surface area contributed by atoms with Crippen LogP contribution in [0.1, 0.15) is 26.3 Å². The van der Waals surface area contributed by atoms with Crippen molar-refractivity contribution >= 4 is 18.0 Å². The van der Waals surface area contributed by atoms with Gasteiger partial charge in [0.1, 0.15) is 0 Å². The van der Waals surface area contributed by atoms with E-state index in [0.29, 0.717) is 0 Å². The molecule has 0 saturated carbocycles. The maximum Gasteiger partial charge on any atom is 0.336 e. The Bertz CT molecular complexity index is 511. The van der Waals surface area contributed by atoms with Crippen LogP contribution in [-0.4, -0.2) is 22.2 Å². The van der Waals surface area contributed by atoms with Crippen LogP contribution in [0.2, 0.25) is 0 Å². The maximum atomic E-state index is 10.8. The normalized spacial score (nSPS) is 9.94. The molecular weight excluding hydrogens is 210 g/mol. The summed E-state index contributed by atoms with van der Waals surface area (Å²) in [5.41, 5.74) is 0.119. The number of aromatic carboxylic acids is 2. The van der Waals surface area contributed by atoms with Gasteiger partial charge in [-0.3, -0.25) is 0 Å². The number of carbonyl (C=O) groups is 2. The van der Waals surface area contributed by atoms with E-state index >= 15 is 0 Å². The molecule has 0 heterocycles. The van der Waals surface area contributed by atoms with Gasteiger partial charge in [0, 0.05) is 6.08 Å². The topological polar surface area (TPSA) is 98.4 Å². The van der Waals surface area contributed by atoms with Crippen LogP contribution in [-0.2, 0) is 0 Å². The lowest BCUT2D eigenvalue weighted by Gasteiger charge is -2.02. The number of hydrogen-bond acceptors (Lipinski definition) is 3. The zero-order valence-electron chi connectivity index (χ0n) is 8.04. The van der Waals surface area contributed by atoms with E-state index in [1.54, 1.807) is 6.07 Å². The van der Waals surface area contributed by atoms with E-state index in [9.17, 15) is 9.59 Å². The molecule has 5 nitrogen and oxygen atoms in total. The van der Waals surface area contributed by atoms with Crippen molar-refractivity contribution in [3.8, 4) is 6.07 Å². The fourth-order valence-electron chi connectivity index (χ4n) is 1.16. The minimum Gasteiger partial charge on any atom is -0.478 e. The molecule has 0 aliphatic carbocycles. The standard InChI is InChI=1S/C11H7NO4/c12-5-1-2-7-6-8(10(13)14)3-4-9(7)11(15)16/h1-4,6H,(H,13,14)(H,15,16). The van der Waals surface area contributed by atoms with Crippen molar-refractivity contribution in [3.05, 3.63) is 41.0 Å². The number of carboxylic acids is 2. The van der Waals surface area contributed by atoms with Crippen molar-refractivity contribution in [2.24, 2.45) is 0 Å². The van der Waals surface area contributed by atoms with Gasteiger partial charge < -0.3 is 10.2 Å². The number of nitriles is 1. The van der Waals surface area contributed by atoms with Gasteiger partial charge in [0.25, 0.3) is 0 Å². The summed E-state index contributed by atoms with van der Waals surface area (Å²) in [6, 6.07) is 5.32. The summed E-state index contributed by atoms with van der Waals surface area (Å²) in [5.74, 6) is -2.32. The summed E-state index contributed by atoms with van der Waals surface area (Å²) >= 11 is 0. The number of allylic oxidation sites excluding steroid dienone is 1. The van der Waals surface area contributed by atoms with E-state index in [1.807, 2.05) is 0 Å². The molecule has 0 atom stereocenters. The minimum absolute atomic E-state index is 0.0254. The summed E-state index contributed by atoms with van der Waals surface area (Å²) in [5, 5.41) is 25.9. The molecule has 80 valence electrons. The SMILES string of the molecule is N#CC=Cc1cc(C(=O)O)ccc1C(=O)O. The Hall–Kier alpha value is -2.61. The second-order valence-electron chi connectivity index (χ2n) is 2.87. The van der Waals surface area contributed by atoms with E-state index in [4.69, 9.17) is 15.5 Å². The molecule has 0 amide bonds. The first-order valence-electron chi connectivity index (χ1n) is 4.23. The van der Waals surface area contributed by atoms with Crippen LogP contribution in [0.25, 0.3) is 6.08 Å². The molecule has 1 rings (SSSR count). The van der Waals surface area contributed by atoms with E-state index in [-0.39, 0.29) is 16.7 Å². The predicted octanol–water partition coefficient (Wildman–Crippen LogP) is 1.62. The van der Waals surface area contributed by atoms with E-state index in [0.717, 1.165) is 6.08 Å². The van der Waals surface area contributed by atoms with Crippen LogP contribution in [0.4, 0.5) is 0 Å². The van der Waals surface area contributed by atoms with E-state index < -0.39 is 11.9 Å². The number of carboxylic acid groups (broad SMARTS) is 2. The highest BCUT2D eigenvalue weighted by Gasteiger charge is 2.11. The number of hydrogen-bond donors (Lipinski definition) is 2. The van der Waals surface area contributed by atoms with Gasteiger partial charge in [-0.25, -0.2) is 9.59 Å². The highest BCUT2D eigenvalue weighted by atomic mass is 16.4. The van der Waals surface area contributed by atoms with Crippen LogP contribution in [0.15, 0.2) is 24.3 Å². The molecule has 1 aromatic carbocycles. The Labute approximate surface area is 90.9 Å². The second kappa shape index (κ2) is 4.75. The largest absolute Gasteiger partial charge is 0.478 e. The van der Waals surface area contributed by atoms with Gasteiger partial charge in [0.15, 0.2) is 0 Å². The Morgan fingerprint density at radius 1 is 1.25 bits per heavy atom. The zero-order chi connectivity index (χ0) is 12.1. The molecule has 0 fully saturated rings. The van der Waals surface area contributed by atoms with Gasteiger partial charge in [-0.1, -0.05) is 0 Å². The Balaban J connectivity index is 3.33. The van der Waals surface area contributed by atoms with Gasteiger partial charge in [-0.2, -0.15) is 5.26 Å². The van der Waals surface area contributed by atoms with Crippen molar-refractivity contribution in [3.63, 3.8) is 0 Å². The lowest BCUT2D eigenvalue weighted by Crippen LogP contribution is -2.03. The van der Waals surface area contributed by atoms with E-state index in [2.05, 4.69) is 0 Å². The molecule has 0 aliphatic heterocycles. The van der Waals surface area contributed by atoms with Crippen molar-refractivity contribution in [2.45, 2.75) is 0 Å². The van der Waals surface area contributed by atoms with Crippen molar-refractivity contribution in [2.75, 3.05) is 0 Å². The van der Waals surface area contributed by atoms with E-state index in [1.165, 1.54) is 24.3 Å². The number of rotatable bonds is 3. The van der Waals surface area contributed by atoms with Crippen molar-refractivity contribution in [1.29, 1.82) is 5.26 Å².